The van der Waals surface area contributed by atoms with Gasteiger partial charge in [0.1, 0.15) is 11.6 Å². The molecule has 10 heteroatoms. The lowest BCUT2D eigenvalue weighted by Crippen LogP contribution is -2.12. The highest BCUT2D eigenvalue weighted by molar-refractivity contribution is 7.15. The van der Waals surface area contributed by atoms with Crippen molar-refractivity contribution in [2.24, 2.45) is 0 Å². The lowest BCUT2D eigenvalue weighted by atomic mass is 10.2. The van der Waals surface area contributed by atoms with Crippen LogP contribution >= 0.6 is 11.3 Å². The molecule has 0 saturated carbocycles. The number of nitrogens with zero attached hydrogens (tertiary/aromatic N) is 4. The number of fused-ring (bicyclic) bond motifs is 1. The quantitative estimate of drug-likeness (QED) is 0.300. The van der Waals surface area contributed by atoms with Crippen LogP contribution in [-0.2, 0) is 16.0 Å². The summed E-state index contributed by atoms with van der Waals surface area (Å²) in [5.41, 5.74) is 2.97. The lowest BCUT2D eigenvalue weighted by molar-refractivity contribution is -0.148. The van der Waals surface area contributed by atoms with E-state index in [0.29, 0.717) is 11.6 Å². The van der Waals surface area contributed by atoms with Crippen LogP contribution in [0.1, 0.15) is 24.6 Å². The Hall–Kier alpha value is -4.05. The van der Waals surface area contributed by atoms with Crippen molar-refractivity contribution in [1.29, 1.82) is 0 Å². The molecule has 0 amide bonds. The predicted molar refractivity (Wildman–Crippen MR) is 123 cm³/mol. The maximum atomic E-state index is 13.2. The molecule has 34 heavy (non-hydrogen) atoms. The second kappa shape index (κ2) is 9.06. The van der Waals surface area contributed by atoms with E-state index < -0.39 is 12.1 Å². The monoisotopic (exact) mass is 478 g/mol. The van der Waals surface area contributed by atoms with Crippen LogP contribution in [0.15, 0.2) is 64.5 Å². The van der Waals surface area contributed by atoms with Crippen molar-refractivity contribution in [2.75, 3.05) is 7.11 Å². The number of imidazole rings is 1. The molecule has 5 aromatic rings. The molecule has 0 saturated heterocycles. The molecular formula is C24H19FN4O4S. The summed E-state index contributed by atoms with van der Waals surface area (Å²) in [6, 6.07) is 13.3. The average Bonchev–Trinajstić information content (AvgIpc) is 3.57. The van der Waals surface area contributed by atoms with Gasteiger partial charge in [-0.1, -0.05) is 0 Å². The van der Waals surface area contributed by atoms with E-state index in [-0.39, 0.29) is 18.1 Å². The van der Waals surface area contributed by atoms with Gasteiger partial charge in [0.2, 0.25) is 5.89 Å². The number of aromatic nitrogens is 4. The molecule has 0 aliphatic rings. The van der Waals surface area contributed by atoms with Crippen molar-refractivity contribution in [3.05, 3.63) is 77.5 Å². The zero-order valence-corrected chi connectivity index (χ0v) is 19.1. The Morgan fingerprint density at radius 3 is 2.59 bits per heavy atom. The van der Waals surface area contributed by atoms with Crippen LogP contribution in [-0.4, -0.2) is 32.7 Å². The van der Waals surface area contributed by atoms with Gasteiger partial charge < -0.3 is 13.9 Å². The molecule has 5 rings (SSSR count). The molecule has 1 atom stereocenters. The first kappa shape index (κ1) is 21.8. The first-order valence-corrected chi connectivity index (χ1v) is 11.3. The molecule has 3 aromatic heterocycles. The number of carbonyl (C=O) groups is 1. The molecule has 0 aliphatic carbocycles. The minimum absolute atomic E-state index is 0.0447. The van der Waals surface area contributed by atoms with Gasteiger partial charge >= 0.3 is 5.97 Å². The van der Waals surface area contributed by atoms with Crippen LogP contribution in [0.4, 0.5) is 4.39 Å². The SMILES string of the molecule is COc1ccc(-c2nnc(C(C)OC(=O)Cc3csc4nc(-c5ccc(F)cc5)cn34)o2)cc1. The highest BCUT2D eigenvalue weighted by Gasteiger charge is 2.21. The summed E-state index contributed by atoms with van der Waals surface area (Å²) in [5.74, 6) is 0.506. The Morgan fingerprint density at radius 1 is 1.12 bits per heavy atom. The van der Waals surface area contributed by atoms with E-state index >= 15 is 0 Å². The van der Waals surface area contributed by atoms with Gasteiger partial charge in [-0.2, -0.15) is 0 Å². The van der Waals surface area contributed by atoms with Crippen molar-refractivity contribution in [3.8, 4) is 28.5 Å². The van der Waals surface area contributed by atoms with Crippen molar-refractivity contribution in [1.82, 2.24) is 19.6 Å². The van der Waals surface area contributed by atoms with E-state index in [1.807, 2.05) is 16.0 Å². The van der Waals surface area contributed by atoms with Crippen LogP contribution in [0.2, 0.25) is 0 Å². The Balaban J connectivity index is 1.26. The first-order chi connectivity index (χ1) is 16.5. The molecule has 0 spiro atoms. The van der Waals surface area contributed by atoms with Gasteiger partial charge in [0.15, 0.2) is 11.1 Å². The second-order valence-corrected chi connectivity index (χ2v) is 8.33. The molecule has 2 aromatic carbocycles. The average molecular weight is 479 g/mol. The summed E-state index contributed by atoms with van der Waals surface area (Å²) < 4.78 is 31.4. The van der Waals surface area contributed by atoms with Crippen molar-refractivity contribution in [3.63, 3.8) is 0 Å². The summed E-state index contributed by atoms with van der Waals surface area (Å²) in [6.45, 7) is 1.68. The van der Waals surface area contributed by atoms with E-state index in [9.17, 15) is 9.18 Å². The number of hydrogen-bond donors (Lipinski definition) is 0. The van der Waals surface area contributed by atoms with Crippen molar-refractivity contribution >= 4 is 22.3 Å². The second-order valence-electron chi connectivity index (χ2n) is 7.50. The maximum absolute atomic E-state index is 13.2. The van der Waals surface area contributed by atoms with Crippen LogP contribution in [0, 0.1) is 5.82 Å². The molecule has 8 nitrogen and oxygen atoms in total. The van der Waals surface area contributed by atoms with Crippen LogP contribution in [0.5, 0.6) is 5.75 Å². The minimum atomic E-state index is -0.710. The fourth-order valence-corrected chi connectivity index (χ4v) is 4.28. The number of hydrogen-bond acceptors (Lipinski definition) is 8. The zero-order chi connectivity index (χ0) is 23.7. The van der Waals surface area contributed by atoms with Gasteiger partial charge in [-0.05, 0) is 55.5 Å². The molecular weight excluding hydrogens is 459 g/mol. The molecule has 0 fully saturated rings. The first-order valence-electron chi connectivity index (χ1n) is 10.4. The third-order valence-electron chi connectivity index (χ3n) is 5.18. The van der Waals surface area contributed by atoms with Gasteiger partial charge in [-0.3, -0.25) is 9.20 Å². The third kappa shape index (κ3) is 4.40. The largest absolute Gasteiger partial charge is 0.497 e. The molecule has 172 valence electrons. The number of benzene rings is 2. The van der Waals surface area contributed by atoms with Gasteiger partial charge in [0.05, 0.1) is 19.2 Å². The third-order valence-corrected chi connectivity index (χ3v) is 6.07. The van der Waals surface area contributed by atoms with Gasteiger partial charge in [-0.25, -0.2) is 9.37 Å². The summed E-state index contributed by atoms with van der Waals surface area (Å²) >= 11 is 1.41. The van der Waals surface area contributed by atoms with Gasteiger partial charge in [-0.15, -0.1) is 21.5 Å². The van der Waals surface area contributed by atoms with Crippen molar-refractivity contribution < 1.29 is 23.1 Å². The minimum Gasteiger partial charge on any atom is -0.497 e. The normalized spacial score (nSPS) is 12.1. The van der Waals surface area contributed by atoms with Gasteiger partial charge in [0.25, 0.3) is 5.89 Å². The highest BCUT2D eigenvalue weighted by Crippen LogP contribution is 2.26. The Kier molecular flexibility index (Phi) is 5.81. The number of thiazole rings is 1. The standard InChI is InChI=1S/C24H19FN4O4S/c1-14(22-27-28-23(33-22)16-5-9-19(31-2)10-6-16)32-21(30)11-18-13-34-24-26-20(12-29(18)24)15-3-7-17(25)8-4-15/h3-10,12-14H,11H2,1-2H3. The summed E-state index contributed by atoms with van der Waals surface area (Å²) in [6.07, 6.45) is 1.16. The number of esters is 1. The smallest absolute Gasteiger partial charge is 0.312 e. The summed E-state index contributed by atoms with van der Waals surface area (Å²) in [4.78, 5) is 17.9. The zero-order valence-electron chi connectivity index (χ0n) is 18.3. The number of rotatable bonds is 7. The molecule has 0 aliphatic heterocycles. The molecule has 3 heterocycles. The molecule has 1 unspecified atom stereocenters. The van der Waals surface area contributed by atoms with Crippen LogP contribution in [0.3, 0.4) is 0 Å². The van der Waals surface area contributed by atoms with Crippen LogP contribution < -0.4 is 4.74 Å². The predicted octanol–water partition coefficient (Wildman–Crippen LogP) is 5.11. The molecule has 0 radical (unpaired) electrons. The number of ether oxygens (including phenoxy) is 2. The number of carbonyl (C=O) groups excluding carboxylic acids is 1. The lowest BCUT2D eigenvalue weighted by Gasteiger charge is -2.09. The van der Waals surface area contributed by atoms with E-state index in [1.165, 1.54) is 23.5 Å². The fourth-order valence-electron chi connectivity index (χ4n) is 3.40. The highest BCUT2D eigenvalue weighted by atomic mass is 32.1. The van der Waals surface area contributed by atoms with Crippen LogP contribution in [0.25, 0.3) is 27.7 Å². The molecule has 0 N–H and O–H groups in total. The fraction of sp³-hybridized carbons (Fsp3) is 0.167. The van der Waals surface area contributed by atoms with Gasteiger partial charge in [0, 0.05) is 28.4 Å². The van der Waals surface area contributed by atoms with E-state index in [2.05, 4.69) is 15.2 Å². The number of methoxy groups -OCH3 is 1. The Morgan fingerprint density at radius 2 is 1.85 bits per heavy atom. The Bertz CT molecular complexity index is 1440. The van der Waals surface area contributed by atoms with E-state index in [4.69, 9.17) is 13.9 Å². The Labute approximate surface area is 197 Å². The molecule has 0 bridgehead atoms. The van der Waals surface area contributed by atoms with Crippen molar-refractivity contribution in [2.45, 2.75) is 19.4 Å². The number of halogens is 1. The maximum Gasteiger partial charge on any atom is 0.312 e. The summed E-state index contributed by atoms with van der Waals surface area (Å²) in [5, 5.41) is 9.91. The topological polar surface area (TPSA) is 91.8 Å². The summed E-state index contributed by atoms with van der Waals surface area (Å²) in [7, 11) is 1.59. The van der Waals surface area contributed by atoms with E-state index in [1.54, 1.807) is 50.4 Å². The van der Waals surface area contributed by atoms with E-state index in [0.717, 1.165) is 27.5 Å².